The summed E-state index contributed by atoms with van der Waals surface area (Å²) in [7, 11) is 0.628. The second-order valence-corrected chi connectivity index (χ2v) is 30.3. The minimum absolute atomic E-state index is 0. The van der Waals surface area contributed by atoms with Crippen molar-refractivity contribution in [2.24, 2.45) is 0 Å². The van der Waals surface area contributed by atoms with Gasteiger partial charge in [0.15, 0.2) is 0 Å². The third-order valence-electron chi connectivity index (χ3n) is 12.4. The minimum atomic E-state index is -1.51. The van der Waals surface area contributed by atoms with Crippen molar-refractivity contribution >= 4 is 155 Å². The quantitative estimate of drug-likeness (QED) is 0.0170. The van der Waals surface area contributed by atoms with E-state index in [0.29, 0.717) is 45.2 Å². The molecule has 435 valence electrons. The number of aromatic amines is 2. The van der Waals surface area contributed by atoms with Crippen molar-refractivity contribution in [1.29, 1.82) is 0 Å². The van der Waals surface area contributed by atoms with Crippen LogP contribution in [0, 0.1) is 19.1 Å². The van der Waals surface area contributed by atoms with Crippen LogP contribution in [0.25, 0.3) is 56.3 Å². The average molecular weight is 1540 g/mol. The molecule has 6 aromatic carbocycles. The predicted molar refractivity (Wildman–Crippen MR) is 350 cm³/mol. The van der Waals surface area contributed by atoms with Crippen molar-refractivity contribution in [3.63, 3.8) is 0 Å². The number of aliphatic carboxylic acids is 2. The molecule has 21 heteroatoms. The van der Waals surface area contributed by atoms with Gasteiger partial charge in [0.25, 0.3) is 0 Å². The van der Waals surface area contributed by atoms with E-state index >= 15 is 0 Å². The predicted octanol–water partition coefficient (Wildman–Crippen LogP) is 14.7. The summed E-state index contributed by atoms with van der Waals surface area (Å²) in [6, 6.07) is 36.2. The topological polar surface area (TPSA) is 233 Å². The van der Waals surface area contributed by atoms with Gasteiger partial charge in [-0.2, -0.15) is 10.2 Å². The number of carbonyl (C=O) groups is 2. The molecule has 0 bridgehead atoms. The first-order valence-electron chi connectivity index (χ1n) is 24.9. The Kier molecular flexibility index (Phi) is 31.5. The molecule has 8 aromatic rings. The second kappa shape index (κ2) is 36.1. The summed E-state index contributed by atoms with van der Waals surface area (Å²) in [5.41, 5.74) is 12.7. The first-order chi connectivity index (χ1) is 38.4. The van der Waals surface area contributed by atoms with Crippen LogP contribution < -0.4 is 0 Å². The van der Waals surface area contributed by atoms with Crippen molar-refractivity contribution in [3.8, 4) is 0 Å². The molecule has 2 heterocycles. The third-order valence-corrected chi connectivity index (χ3v) is 13.1. The van der Waals surface area contributed by atoms with Gasteiger partial charge in [-0.05, 0) is 147 Å². The maximum absolute atomic E-state index is 13.7. The molecule has 2 aromatic heterocycles. The van der Waals surface area contributed by atoms with Crippen LogP contribution in [0.4, 0.5) is 8.78 Å². The number of rotatable bonds is 18. The van der Waals surface area contributed by atoms with Gasteiger partial charge in [-0.15, -0.1) is 24.0 Å². The second-order valence-electron chi connectivity index (χ2n) is 17.7. The Bertz CT molecular complexity index is 3260. The number of allylic oxidation sites excluding steroid dienone is 2. The first kappa shape index (κ1) is 71.4. The van der Waals surface area contributed by atoms with E-state index in [1.54, 1.807) is 36.7 Å². The molecule has 82 heavy (non-hydrogen) atoms. The number of aromatic nitrogens is 4. The number of nitrogens with zero attached hydrogens (tertiary/aromatic N) is 2. The molecule has 4 atom stereocenters. The van der Waals surface area contributed by atoms with Gasteiger partial charge in [0.1, 0.15) is 29.9 Å². The van der Waals surface area contributed by atoms with Crippen LogP contribution in [0.3, 0.4) is 0 Å². The van der Waals surface area contributed by atoms with Crippen molar-refractivity contribution in [3.05, 3.63) is 219 Å². The molecular weight excluding hydrogens is 1470 g/mol. The fourth-order valence-electron chi connectivity index (χ4n) is 8.59. The number of fused-ring (bicyclic) bond motifs is 2. The summed E-state index contributed by atoms with van der Waals surface area (Å²) in [5.74, 6) is -2.76. The number of carboxylic acid groups (broad SMARTS) is 2. The van der Waals surface area contributed by atoms with Crippen LogP contribution in [0.15, 0.2) is 146 Å². The molecule has 0 aliphatic carbocycles. The van der Waals surface area contributed by atoms with Gasteiger partial charge in [-0.3, -0.25) is 10.2 Å². The van der Waals surface area contributed by atoms with E-state index in [4.69, 9.17) is 48.7 Å². The summed E-state index contributed by atoms with van der Waals surface area (Å²) >= 11 is 17.6. The van der Waals surface area contributed by atoms with E-state index in [0.717, 1.165) is 101 Å². The van der Waals surface area contributed by atoms with E-state index in [9.17, 15) is 28.6 Å². The Morgan fingerprint density at radius 1 is 0.598 bits per heavy atom. The zero-order valence-corrected chi connectivity index (χ0v) is 54.4. The summed E-state index contributed by atoms with van der Waals surface area (Å²) in [6.45, 7) is 5.26. The Morgan fingerprint density at radius 2 is 0.963 bits per heavy atom. The standard InChI is InChI=1S/2C26H20ClFN2O2.C8H18O5.CH3.3HI.V/c2*1-2-21(22-10-9-20(28)14-23(22)27)26(18-8-11-24-19(13-18)15-29-30-24)17-6-3-16(4-7-17)5-12-25(31)32;1-2-3-5(10)7(12)8(13)6(11)4-9;;;;;/h2*3-15H,2H2,1H3,(H,29,30)(H,31,32);5-13H,2-4H2,1H3;1H3;3*1H;/q;;;-1;;;;+2/p-2/b2*12-5+,26-21+;;;;;;/t;;5-,6+,7+,8+;;;;;/m..0...../s1. The molecule has 13 nitrogen and oxygen atoms in total. The number of nitrogens with one attached hydrogen (secondary N) is 2. The summed E-state index contributed by atoms with van der Waals surface area (Å²) in [5, 5.41) is 79.6. The average Bonchev–Trinajstić information content (AvgIpc) is 4.29. The Labute approximate surface area is 531 Å². The molecule has 9 N–H and O–H groups in total. The van der Waals surface area contributed by atoms with Crippen LogP contribution in [0.1, 0.15) is 91.0 Å². The van der Waals surface area contributed by atoms with Crippen molar-refractivity contribution in [1.82, 2.24) is 20.4 Å². The van der Waals surface area contributed by atoms with Crippen molar-refractivity contribution in [2.45, 2.75) is 70.9 Å². The Hall–Kier alpha value is -4.83. The van der Waals surface area contributed by atoms with Gasteiger partial charge in [0.2, 0.25) is 0 Å². The number of benzene rings is 6. The number of halogens is 7. The molecule has 8 rings (SSSR count). The zero-order chi connectivity index (χ0) is 58.5. The monoisotopic (exact) mass is 1530 g/mol. The van der Waals surface area contributed by atoms with Crippen molar-refractivity contribution in [2.75, 3.05) is 6.61 Å². The van der Waals surface area contributed by atoms with Gasteiger partial charge in [-0.25, -0.2) is 18.4 Å². The first-order valence-corrected chi connectivity index (χ1v) is 34.7. The molecule has 0 saturated heterocycles. The normalized spacial score (nSPS) is 13.1. The maximum atomic E-state index is 13.7. The molecule has 0 unspecified atom stereocenters. The fourth-order valence-corrected chi connectivity index (χ4v) is 9.15. The molecule has 0 radical (unpaired) electrons. The van der Waals surface area contributed by atoms with Gasteiger partial charge >= 0.3 is 61.4 Å². The molecule has 0 saturated carbocycles. The van der Waals surface area contributed by atoms with Crippen molar-refractivity contribution < 1.29 is 63.6 Å². The Morgan fingerprint density at radius 3 is 1.29 bits per heavy atom. The van der Waals surface area contributed by atoms with Crippen LogP contribution in [0.2, 0.25) is 10.0 Å². The number of H-pyrrole nitrogens is 2. The number of aliphatic hydroxyl groups excluding tert-OH is 5. The zero-order valence-electron chi connectivity index (χ0n) is 44.8. The summed E-state index contributed by atoms with van der Waals surface area (Å²) in [6.07, 6.45) is 5.79. The van der Waals surface area contributed by atoms with Gasteiger partial charge in [0.05, 0.1) is 46.2 Å². The van der Waals surface area contributed by atoms with Crippen LogP contribution in [0.5, 0.6) is 0 Å². The number of aliphatic hydroxyl groups is 5. The molecular formula is C61H62Cl2F2I3N4O9V-. The van der Waals surface area contributed by atoms with Crippen LogP contribution in [-0.2, 0) is 19.1 Å². The van der Waals surface area contributed by atoms with Gasteiger partial charge < -0.3 is 43.2 Å². The van der Waals surface area contributed by atoms with Gasteiger partial charge in [0, 0.05) is 22.9 Å². The van der Waals surface area contributed by atoms with E-state index in [-0.39, 0.29) is 43.0 Å². The fraction of sp³-hybridized carbons (Fsp3) is 0.197. The van der Waals surface area contributed by atoms with E-state index < -0.39 is 43.0 Å². The number of hydrogen-bond acceptors (Lipinski definition) is 9. The molecule has 0 fully saturated rings. The molecule has 0 amide bonds. The van der Waals surface area contributed by atoms with Crippen LogP contribution >= 0.6 is 87.1 Å². The van der Waals surface area contributed by atoms with Gasteiger partial charge in [-0.1, -0.05) is 123 Å². The third kappa shape index (κ3) is 20.5. The number of hydrogen-bond donors (Lipinski definition) is 9. The van der Waals surface area contributed by atoms with E-state index in [2.05, 4.69) is 72.5 Å². The summed E-state index contributed by atoms with van der Waals surface area (Å²) < 4.78 is 27.4. The van der Waals surface area contributed by atoms with E-state index in [1.165, 1.54) is 24.3 Å². The Balaban J connectivity index is 0.000000336. The molecule has 0 aliphatic rings. The van der Waals surface area contributed by atoms with Crippen LogP contribution in [-0.4, -0.2) is 99.1 Å². The molecule has 0 aliphatic heterocycles. The SMILES string of the molecule is CC/C(=C(/c1ccc(/C=C/C(=O)O)cc1)c1ccc2[nH]ncc2c1)c1ccc(F)cc1Cl.CC/C(=C(/c1ccc(/C=C/C(=O)O)cc1)c1ccc2[nH]ncc2c1)c1ccc(F)cc1Cl.CCC[C@H](O)[C@@H](O)[C@H](O)[C@H](O)CO.I.[CH3-].[I][V][I]. The molecule has 0 spiro atoms. The van der Waals surface area contributed by atoms with E-state index in [1.807, 2.05) is 93.6 Å². The number of carboxylic acids is 2. The summed E-state index contributed by atoms with van der Waals surface area (Å²) in [4.78, 5) is 21.6.